The smallest absolute Gasteiger partial charge is 0.409 e. The minimum absolute atomic E-state index is 0.123. The maximum absolute atomic E-state index is 12.9. The van der Waals surface area contributed by atoms with Gasteiger partial charge in [-0.15, -0.1) is 0 Å². The minimum atomic E-state index is -1.06. The van der Waals surface area contributed by atoms with Gasteiger partial charge in [-0.3, -0.25) is 20.0 Å². The maximum Gasteiger partial charge on any atom is 0.409 e. The lowest BCUT2D eigenvalue weighted by Gasteiger charge is -2.32. The van der Waals surface area contributed by atoms with Crippen LogP contribution in [-0.2, 0) is 16.1 Å². The summed E-state index contributed by atoms with van der Waals surface area (Å²) < 4.78 is 5.30. The standard InChI is InChI=1S/C24H29N5O3/c1-17-7-6-10-19-20(15-29-13-11-28(2)12-14-29)25-22(23(30)26-21(17)19)27-24(31)32-16-18-8-4-3-5-9-18/h3-10,22H,11-16H2,1-2H3,(H,26,30)(H,27,31)/t22-/m1/s1. The van der Waals surface area contributed by atoms with E-state index >= 15 is 0 Å². The molecule has 2 heterocycles. The quantitative estimate of drug-likeness (QED) is 0.752. The molecular weight excluding hydrogens is 406 g/mol. The number of hydrogen-bond donors (Lipinski definition) is 2. The number of hydrogen-bond acceptors (Lipinski definition) is 6. The highest BCUT2D eigenvalue weighted by Crippen LogP contribution is 2.25. The number of fused-ring (bicyclic) bond motifs is 1. The zero-order chi connectivity index (χ0) is 22.5. The summed E-state index contributed by atoms with van der Waals surface area (Å²) in [6.07, 6.45) is -1.74. The highest BCUT2D eigenvalue weighted by Gasteiger charge is 2.29. The molecule has 0 radical (unpaired) electrons. The van der Waals surface area contributed by atoms with E-state index in [9.17, 15) is 9.59 Å². The molecule has 8 heteroatoms. The number of aryl methyl sites for hydroxylation is 1. The molecule has 2 aliphatic heterocycles. The third kappa shape index (κ3) is 5.33. The predicted molar refractivity (Wildman–Crippen MR) is 124 cm³/mol. The van der Waals surface area contributed by atoms with Crippen molar-refractivity contribution in [3.05, 3.63) is 65.2 Å². The Labute approximate surface area is 188 Å². The Morgan fingerprint density at radius 3 is 2.62 bits per heavy atom. The van der Waals surface area contributed by atoms with E-state index in [-0.39, 0.29) is 12.5 Å². The van der Waals surface area contributed by atoms with Gasteiger partial charge < -0.3 is 15.0 Å². The minimum Gasteiger partial charge on any atom is -0.445 e. The highest BCUT2D eigenvalue weighted by atomic mass is 16.5. The first-order valence-corrected chi connectivity index (χ1v) is 10.9. The van der Waals surface area contributed by atoms with Crippen LogP contribution < -0.4 is 10.6 Å². The van der Waals surface area contributed by atoms with Crippen molar-refractivity contribution in [1.29, 1.82) is 0 Å². The van der Waals surface area contributed by atoms with Crippen LogP contribution in [0.2, 0.25) is 0 Å². The molecule has 2 aromatic carbocycles. The number of nitrogens with one attached hydrogen (secondary N) is 2. The van der Waals surface area contributed by atoms with Crippen LogP contribution in [0.5, 0.6) is 0 Å². The van der Waals surface area contributed by atoms with E-state index in [1.807, 2.05) is 55.5 Å². The number of aliphatic imine (C=N–C) groups is 1. The van der Waals surface area contributed by atoms with Crippen LogP contribution in [0.25, 0.3) is 0 Å². The van der Waals surface area contributed by atoms with Gasteiger partial charge in [0, 0.05) is 38.3 Å². The Morgan fingerprint density at radius 2 is 1.88 bits per heavy atom. The third-order valence-corrected chi connectivity index (χ3v) is 5.80. The molecule has 0 aromatic heterocycles. The number of carbonyl (C=O) groups excluding carboxylic acids is 2. The molecule has 1 fully saturated rings. The van der Waals surface area contributed by atoms with Gasteiger partial charge in [0.05, 0.1) is 11.4 Å². The highest BCUT2D eigenvalue weighted by molar-refractivity contribution is 6.13. The van der Waals surface area contributed by atoms with Crippen molar-refractivity contribution < 1.29 is 14.3 Å². The number of likely N-dealkylation sites (N-methyl/N-ethyl adjacent to an activating group) is 1. The van der Waals surface area contributed by atoms with E-state index in [2.05, 4.69) is 32.5 Å². The zero-order valence-electron chi connectivity index (χ0n) is 18.5. The second-order valence-corrected chi connectivity index (χ2v) is 8.25. The average molecular weight is 436 g/mol. The number of carbonyl (C=O) groups is 2. The molecule has 4 rings (SSSR count). The molecule has 0 unspecified atom stereocenters. The molecule has 2 aliphatic rings. The van der Waals surface area contributed by atoms with E-state index in [4.69, 9.17) is 4.74 Å². The molecule has 0 spiro atoms. The lowest BCUT2D eigenvalue weighted by atomic mass is 10.0. The number of rotatable bonds is 5. The summed E-state index contributed by atoms with van der Waals surface area (Å²) >= 11 is 0. The van der Waals surface area contributed by atoms with Gasteiger partial charge in [-0.1, -0.05) is 48.5 Å². The number of nitrogens with zero attached hydrogens (tertiary/aromatic N) is 3. The molecule has 8 nitrogen and oxygen atoms in total. The lowest BCUT2D eigenvalue weighted by molar-refractivity contribution is -0.117. The lowest BCUT2D eigenvalue weighted by Crippen LogP contribution is -2.47. The van der Waals surface area contributed by atoms with E-state index in [0.717, 1.165) is 54.3 Å². The number of alkyl carbamates (subject to hydrolysis) is 1. The van der Waals surface area contributed by atoms with Crippen molar-refractivity contribution >= 4 is 23.4 Å². The second kappa shape index (κ2) is 9.93. The Bertz CT molecular complexity index is 1000. The third-order valence-electron chi connectivity index (χ3n) is 5.80. The molecule has 1 saturated heterocycles. The van der Waals surface area contributed by atoms with Gasteiger partial charge >= 0.3 is 6.09 Å². The molecule has 32 heavy (non-hydrogen) atoms. The van der Waals surface area contributed by atoms with Crippen molar-refractivity contribution in [3.8, 4) is 0 Å². The number of para-hydroxylation sites is 1. The fourth-order valence-corrected chi connectivity index (χ4v) is 3.87. The van der Waals surface area contributed by atoms with Gasteiger partial charge in [-0.2, -0.15) is 0 Å². The van der Waals surface area contributed by atoms with Crippen LogP contribution in [0.1, 0.15) is 16.7 Å². The summed E-state index contributed by atoms with van der Waals surface area (Å²) in [6.45, 7) is 6.50. The van der Waals surface area contributed by atoms with E-state index in [1.165, 1.54) is 0 Å². The number of anilines is 1. The molecule has 2 amide bonds. The van der Waals surface area contributed by atoms with Crippen molar-refractivity contribution in [2.75, 3.05) is 45.1 Å². The zero-order valence-corrected chi connectivity index (χ0v) is 18.5. The van der Waals surface area contributed by atoms with Gasteiger partial charge in [0.25, 0.3) is 5.91 Å². The summed E-state index contributed by atoms with van der Waals surface area (Å²) in [5.41, 5.74) is 4.23. The first-order chi connectivity index (χ1) is 15.5. The number of benzene rings is 2. The van der Waals surface area contributed by atoms with Gasteiger partial charge in [-0.05, 0) is 25.1 Å². The Morgan fingerprint density at radius 1 is 1.12 bits per heavy atom. The number of amides is 2. The molecule has 168 valence electrons. The summed E-state index contributed by atoms with van der Waals surface area (Å²) in [5, 5.41) is 5.56. The molecule has 1 atom stereocenters. The van der Waals surface area contributed by atoms with Crippen LogP contribution in [0.4, 0.5) is 10.5 Å². The van der Waals surface area contributed by atoms with Crippen LogP contribution in [0.15, 0.2) is 53.5 Å². The summed E-state index contributed by atoms with van der Waals surface area (Å²) in [7, 11) is 2.11. The fourth-order valence-electron chi connectivity index (χ4n) is 3.87. The molecule has 2 N–H and O–H groups in total. The van der Waals surface area contributed by atoms with Crippen molar-refractivity contribution in [3.63, 3.8) is 0 Å². The Kier molecular flexibility index (Phi) is 6.82. The topological polar surface area (TPSA) is 86.3 Å². The largest absolute Gasteiger partial charge is 0.445 e. The molecule has 0 aliphatic carbocycles. The van der Waals surface area contributed by atoms with Crippen molar-refractivity contribution in [1.82, 2.24) is 15.1 Å². The van der Waals surface area contributed by atoms with Gasteiger partial charge in [0.1, 0.15) is 6.61 Å². The monoisotopic (exact) mass is 435 g/mol. The molecule has 2 aromatic rings. The maximum atomic E-state index is 12.9. The van der Waals surface area contributed by atoms with E-state index < -0.39 is 12.3 Å². The van der Waals surface area contributed by atoms with Crippen molar-refractivity contribution in [2.24, 2.45) is 4.99 Å². The average Bonchev–Trinajstić information content (AvgIpc) is 2.92. The molecule has 0 saturated carbocycles. The van der Waals surface area contributed by atoms with Crippen LogP contribution in [0.3, 0.4) is 0 Å². The number of benzodiazepines with no additional fused rings is 1. The van der Waals surface area contributed by atoms with Crippen molar-refractivity contribution in [2.45, 2.75) is 19.7 Å². The fraction of sp³-hybridized carbons (Fsp3) is 0.375. The van der Waals surface area contributed by atoms with Gasteiger partial charge in [-0.25, -0.2) is 4.79 Å². The van der Waals surface area contributed by atoms with E-state index in [0.29, 0.717) is 6.54 Å². The van der Waals surface area contributed by atoms with Gasteiger partial charge in [0.15, 0.2) is 0 Å². The van der Waals surface area contributed by atoms with E-state index in [1.54, 1.807) is 0 Å². The first kappa shape index (κ1) is 22.0. The van der Waals surface area contributed by atoms with Crippen LogP contribution in [0, 0.1) is 6.92 Å². The SMILES string of the molecule is Cc1cccc2c1NC(=O)[C@@H](NC(=O)OCc1ccccc1)N=C2CN1CCN(C)CC1. The Hall–Kier alpha value is -3.23. The number of piperazine rings is 1. The Balaban J connectivity index is 1.52. The van der Waals surface area contributed by atoms with Crippen LogP contribution >= 0.6 is 0 Å². The first-order valence-electron chi connectivity index (χ1n) is 10.9. The predicted octanol–water partition coefficient (Wildman–Crippen LogP) is 2.24. The second-order valence-electron chi connectivity index (χ2n) is 8.25. The summed E-state index contributed by atoms with van der Waals surface area (Å²) in [4.78, 5) is 34.6. The number of ether oxygens (including phenoxy) is 1. The van der Waals surface area contributed by atoms with Crippen LogP contribution in [-0.4, -0.2) is 73.4 Å². The molecule has 0 bridgehead atoms. The van der Waals surface area contributed by atoms with Gasteiger partial charge in [0.2, 0.25) is 6.17 Å². The summed E-state index contributed by atoms with van der Waals surface area (Å²) in [6, 6.07) is 15.3. The summed E-state index contributed by atoms with van der Waals surface area (Å²) in [5.74, 6) is -0.384. The normalized spacial score (nSPS) is 19.4. The molecular formula is C24H29N5O3.